The van der Waals surface area contributed by atoms with Crippen molar-refractivity contribution in [3.8, 4) is 10.4 Å². The Hall–Kier alpha value is -3.23. The van der Waals surface area contributed by atoms with Crippen molar-refractivity contribution in [3.63, 3.8) is 0 Å². The van der Waals surface area contributed by atoms with Gasteiger partial charge in [0.25, 0.3) is 0 Å². The minimum Gasteiger partial charge on any atom is -0.326 e. The van der Waals surface area contributed by atoms with E-state index < -0.39 is 0 Å². The summed E-state index contributed by atoms with van der Waals surface area (Å²) >= 11 is 3.01. The number of rotatable bonds is 6. The Kier molecular flexibility index (Phi) is 6.29. The number of aryl methyl sites for hydroxylation is 1. The van der Waals surface area contributed by atoms with Crippen LogP contribution < -0.4 is 10.6 Å². The van der Waals surface area contributed by atoms with Crippen LogP contribution in [0.15, 0.2) is 65.7 Å². The molecule has 31 heavy (non-hydrogen) atoms. The summed E-state index contributed by atoms with van der Waals surface area (Å²) in [6.45, 7) is 3.30. The van der Waals surface area contributed by atoms with Crippen LogP contribution in [0.25, 0.3) is 20.7 Å². The summed E-state index contributed by atoms with van der Waals surface area (Å²) < 4.78 is 0. The van der Waals surface area contributed by atoms with E-state index in [2.05, 4.69) is 38.8 Å². The Morgan fingerprint density at radius 1 is 0.968 bits per heavy atom. The van der Waals surface area contributed by atoms with E-state index in [0.717, 1.165) is 25.7 Å². The highest BCUT2D eigenvalue weighted by Crippen LogP contribution is 2.36. The molecule has 0 aliphatic carbocycles. The van der Waals surface area contributed by atoms with E-state index >= 15 is 0 Å². The summed E-state index contributed by atoms with van der Waals surface area (Å²) in [6.07, 6.45) is 0. The van der Waals surface area contributed by atoms with Crippen molar-refractivity contribution < 1.29 is 9.59 Å². The van der Waals surface area contributed by atoms with Gasteiger partial charge in [0.05, 0.1) is 5.75 Å². The average Bonchev–Trinajstić information content (AvgIpc) is 3.16. The van der Waals surface area contributed by atoms with Crippen LogP contribution in [0, 0.1) is 6.92 Å². The highest BCUT2D eigenvalue weighted by atomic mass is 32.2. The average molecular weight is 449 g/mol. The zero-order chi connectivity index (χ0) is 21.8. The van der Waals surface area contributed by atoms with E-state index in [9.17, 15) is 9.59 Å². The molecule has 8 heteroatoms. The van der Waals surface area contributed by atoms with Crippen molar-refractivity contribution in [3.05, 3.63) is 66.5 Å². The fourth-order valence-electron chi connectivity index (χ4n) is 3.06. The zero-order valence-electron chi connectivity index (χ0n) is 17.0. The van der Waals surface area contributed by atoms with Crippen molar-refractivity contribution >= 4 is 56.5 Å². The SMILES string of the molecule is CC(=O)Nc1cccc(NC(=O)CSc2nc(C)nc3sc(-c4ccccc4)cc23)c1. The summed E-state index contributed by atoms with van der Waals surface area (Å²) in [5.74, 6) is 0.590. The van der Waals surface area contributed by atoms with Crippen molar-refractivity contribution in [1.82, 2.24) is 9.97 Å². The third-order valence-corrected chi connectivity index (χ3v) is 6.40. The number of thioether (sulfide) groups is 1. The monoisotopic (exact) mass is 448 g/mol. The lowest BCUT2D eigenvalue weighted by Crippen LogP contribution is -2.14. The first-order valence-electron chi connectivity index (χ1n) is 9.62. The second kappa shape index (κ2) is 9.28. The fourth-order valence-corrected chi connectivity index (χ4v) is 5.06. The van der Waals surface area contributed by atoms with Crippen LogP contribution in [0.1, 0.15) is 12.7 Å². The number of fused-ring (bicyclic) bond motifs is 1. The smallest absolute Gasteiger partial charge is 0.234 e. The van der Waals surface area contributed by atoms with E-state index in [1.807, 2.05) is 25.1 Å². The minimum absolute atomic E-state index is 0.145. The molecule has 0 saturated heterocycles. The summed E-state index contributed by atoms with van der Waals surface area (Å²) in [6, 6.07) is 19.3. The molecule has 0 radical (unpaired) electrons. The highest BCUT2D eigenvalue weighted by molar-refractivity contribution is 8.00. The molecule has 0 atom stereocenters. The molecule has 0 bridgehead atoms. The van der Waals surface area contributed by atoms with Crippen LogP contribution in [-0.4, -0.2) is 27.5 Å². The maximum atomic E-state index is 12.5. The summed E-state index contributed by atoms with van der Waals surface area (Å²) in [5, 5.41) is 7.33. The predicted octanol–water partition coefficient (Wildman–Crippen LogP) is 5.36. The lowest BCUT2D eigenvalue weighted by Gasteiger charge is -2.08. The van der Waals surface area contributed by atoms with Gasteiger partial charge in [0.2, 0.25) is 11.8 Å². The summed E-state index contributed by atoms with van der Waals surface area (Å²) in [7, 11) is 0. The largest absolute Gasteiger partial charge is 0.326 e. The van der Waals surface area contributed by atoms with Crippen molar-refractivity contribution in [2.75, 3.05) is 16.4 Å². The normalized spacial score (nSPS) is 10.8. The van der Waals surface area contributed by atoms with Crippen LogP contribution in [0.2, 0.25) is 0 Å². The number of carbonyl (C=O) groups is 2. The molecular formula is C23H20N4O2S2. The lowest BCUT2D eigenvalue weighted by molar-refractivity contribution is -0.114. The summed E-state index contributed by atoms with van der Waals surface area (Å²) in [4.78, 5) is 34.9. The van der Waals surface area contributed by atoms with Crippen LogP contribution in [0.5, 0.6) is 0 Å². The molecule has 0 fully saturated rings. The molecule has 0 aliphatic rings. The Labute approximate surface area is 188 Å². The maximum Gasteiger partial charge on any atom is 0.234 e. The number of nitrogens with zero attached hydrogens (tertiary/aromatic N) is 2. The van der Waals surface area contributed by atoms with Gasteiger partial charge < -0.3 is 10.6 Å². The molecule has 0 saturated carbocycles. The number of anilines is 2. The molecule has 4 rings (SSSR count). The van der Waals surface area contributed by atoms with Gasteiger partial charge in [-0.1, -0.05) is 48.2 Å². The van der Waals surface area contributed by atoms with Crippen LogP contribution in [0.3, 0.4) is 0 Å². The van der Waals surface area contributed by atoms with E-state index in [0.29, 0.717) is 17.2 Å². The first-order valence-corrected chi connectivity index (χ1v) is 11.4. The molecule has 0 unspecified atom stereocenters. The highest BCUT2D eigenvalue weighted by Gasteiger charge is 2.14. The molecule has 6 nitrogen and oxygen atoms in total. The number of benzene rings is 2. The van der Waals surface area contributed by atoms with Gasteiger partial charge in [-0.25, -0.2) is 9.97 Å². The number of hydrogen-bond acceptors (Lipinski definition) is 6. The van der Waals surface area contributed by atoms with E-state index in [1.165, 1.54) is 18.7 Å². The van der Waals surface area contributed by atoms with Gasteiger partial charge in [0.1, 0.15) is 15.7 Å². The first-order chi connectivity index (χ1) is 15.0. The molecule has 0 aliphatic heterocycles. The molecule has 0 spiro atoms. The second-order valence-electron chi connectivity index (χ2n) is 6.87. The zero-order valence-corrected chi connectivity index (χ0v) is 18.6. The Balaban J connectivity index is 1.49. The van der Waals surface area contributed by atoms with E-state index in [1.54, 1.807) is 35.6 Å². The number of thiophene rings is 1. The molecule has 2 aromatic carbocycles. The number of amides is 2. The quantitative estimate of drug-likeness (QED) is 0.307. The summed E-state index contributed by atoms with van der Waals surface area (Å²) in [5.41, 5.74) is 2.40. The number of aromatic nitrogens is 2. The van der Waals surface area contributed by atoms with Crippen LogP contribution >= 0.6 is 23.1 Å². The molecule has 2 aromatic heterocycles. The van der Waals surface area contributed by atoms with Crippen molar-refractivity contribution in [1.29, 1.82) is 0 Å². The molecule has 2 N–H and O–H groups in total. The second-order valence-corrected chi connectivity index (χ2v) is 8.87. The molecule has 4 aromatic rings. The third-order valence-electron chi connectivity index (χ3n) is 4.33. The first kappa shape index (κ1) is 21.0. The number of carbonyl (C=O) groups excluding carboxylic acids is 2. The van der Waals surface area contributed by atoms with Gasteiger partial charge in [-0.2, -0.15) is 0 Å². The van der Waals surface area contributed by atoms with Gasteiger partial charge >= 0.3 is 0 Å². The number of hydrogen-bond donors (Lipinski definition) is 2. The Bertz CT molecular complexity index is 1260. The third kappa shape index (κ3) is 5.28. The molecule has 2 heterocycles. The topological polar surface area (TPSA) is 84.0 Å². The maximum absolute atomic E-state index is 12.5. The van der Waals surface area contributed by atoms with E-state index in [-0.39, 0.29) is 17.6 Å². The van der Waals surface area contributed by atoms with Crippen molar-refractivity contribution in [2.24, 2.45) is 0 Å². The van der Waals surface area contributed by atoms with Gasteiger partial charge in [-0.05, 0) is 36.8 Å². The van der Waals surface area contributed by atoms with Gasteiger partial charge in [0.15, 0.2) is 0 Å². The standard InChI is InChI=1S/C23H20N4O2S2/c1-14-24-22(19-12-20(31-23(19)25-14)16-7-4-3-5-8-16)30-13-21(29)27-18-10-6-9-17(11-18)26-15(2)28/h3-12H,13H2,1-2H3,(H,26,28)(H,27,29). The molecule has 156 valence electrons. The van der Waals surface area contributed by atoms with Gasteiger partial charge in [-0.15, -0.1) is 11.3 Å². The molecular weight excluding hydrogens is 428 g/mol. The van der Waals surface area contributed by atoms with Gasteiger partial charge in [-0.3, -0.25) is 9.59 Å². The Morgan fingerprint density at radius 3 is 2.45 bits per heavy atom. The number of nitrogens with one attached hydrogen (secondary N) is 2. The van der Waals surface area contributed by atoms with Crippen molar-refractivity contribution in [2.45, 2.75) is 18.9 Å². The van der Waals surface area contributed by atoms with E-state index in [4.69, 9.17) is 0 Å². The lowest BCUT2D eigenvalue weighted by atomic mass is 10.2. The Morgan fingerprint density at radius 2 is 1.71 bits per heavy atom. The predicted molar refractivity (Wildman–Crippen MR) is 128 cm³/mol. The molecule has 2 amide bonds. The van der Waals surface area contributed by atoms with Crippen LogP contribution in [-0.2, 0) is 9.59 Å². The minimum atomic E-state index is -0.159. The van der Waals surface area contributed by atoms with Crippen LogP contribution in [0.4, 0.5) is 11.4 Å². The fraction of sp³-hybridized carbons (Fsp3) is 0.130. The van der Waals surface area contributed by atoms with Gasteiger partial charge in [0, 0.05) is 28.6 Å².